The van der Waals surface area contributed by atoms with E-state index < -0.39 is 57.6 Å². The summed E-state index contributed by atoms with van der Waals surface area (Å²) in [5, 5.41) is -13.8. The number of rotatable bonds is 8. The van der Waals surface area contributed by atoms with Crippen molar-refractivity contribution >= 4 is 29.6 Å². The first kappa shape index (κ1) is 26.1. The lowest BCUT2D eigenvalue weighted by molar-refractivity contribution is -0.243. The van der Waals surface area contributed by atoms with E-state index in [1.165, 1.54) is 12.1 Å². The zero-order valence-electron chi connectivity index (χ0n) is 15.0. The molecule has 2 aromatic rings. The lowest BCUT2D eigenvalue weighted by atomic mass is 10.2. The van der Waals surface area contributed by atoms with E-state index in [1.807, 2.05) is 0 Å². The third-order valence-corrected chi connectivity index (χ3v) is 7.17. The monoisotopic (exact) mass is 532 g/mol. The van der Waals surface area contributed by atoms with E-state index in [1.54, 1.807) is 18.2 Å². The van der Waals surface area contributed by atoms with E-state index in [2.05, 4.69) is 10.7 Å². The first-order valence-electron chi connectivity index (χ1n) is 7.86. The van der Waals surface area contributed by atoms with Crippen molar-refractivity contribution in [1.29, 1.82) is 0 Å². The molecule has 5 nitrogen and oxygen atoms in total. The molecule has 0 saturated carbocycles. The number of hydrogen-bond donors (Lipinski definition) is 0. The Balaban J connectivity index is 2.51. The second kappa shape index (κ2) is 8.33. The Labute approximate surface area is 179 Å². The zero-order valence-corrected chi connectivity index (χ0v) is 17.4. The lowest BCUT2D eigenvalue weighted by Gasteiger charge is -2.30. The van der Waals surface area contributed by atoms with Gasteiger partial charge in [0.2, 0.25) is 0 Å². The summed E-state index contributed by atoms with van der Waals surface area (Å²) in [5.41, 5.74) is 0.459. The molecule has 0 bridgehead atoms. The fourth-order valence-electron chi connectivity index (χ4n) is 2.24. The SMILES string of the molecule is O=S(=O)(Cl)C(F)(F)C(F)(F)C(F)(F)S(=O)(=O)c1c(F)cc(OCc2ccccc2)cc1F. The molecule has 0 spiro atoms. The van der Waals surface area contributed by atoms with Crippen molar-refractivity contribution in [3.05, 3.63) is 59.7 Å². The lowest BCUT2D eigenvalue weighted by Crippen LogP contribution is -2.59. The van der Waals surface area contributed by atoms with Crippen molar-refractivity contribution in [2.45, 2.75) is 27.9 Å². The molecule has 16 heteroatoms. The standard InChI is InChI=1S/C16H9ClF8O5S2/c17-32(28,29)16(24,25)14(20,21)15(22,23)31(26,27)13-11(18)6-10(7-12(13)19)30-8-9-4-2-1-3-5-9/h1-7H,8H2. The number of halogens is 9. The minimum atomic E-state index is -7.28. The molecule has 0 saturated heterocycles. The van der Waals surface area contributed by atoms with Crippen molar-refractivity contribution in [3.8, 4) is 5.75 Å². The Morgan fingerprint density at radius 2 is 1.28 bits per heavy atom. The summed E-state index contributed by atoms with van der Waals surface area (Å²) in [7, 11) is -10.1. The number of benzene rings is 2. The van der Waals surface area contributed by atoms with Crippen molar-refractivity contribution < 1.29 is 56.7 Å². The molecule has 0 aliphatic carbocycles. The summed E-state index contributed by atoms with van der Waals surface area (Å²) in [5.74, 6) is -12.8. The maximum Gasteiger partial charge on any atom is 0.428 e. The smallest absolute Gasteiger partial charge is 0.428 e. The van der Waals surface area contributed by atoms with Crippen LogP contribution < -0.4 is 4.74 Å². The minimum Gasteiger partial charge on any atom is -0.489 e. The van der Waals surface area contributed by atoms with Gasteiger partial charge in [-0.1, -0.05) is 30.3 Å². The van der Waals surface area contributed by atoms with Gasteiger partial charge in [-0.2, -0.15) is 26.3 Å². The molecule has 178 valence electrons. The second-order valence-corrected chi connectivity index (χ2v) is 10.6. The average molecular weight is 533 g/mol. The fraction of sp³-hybridized carbons (Fsp3) is 0.250. The van der Waals surface area contributed by atoms with E-state index in [0.29, 0.717) is 5.56 Å². The van der Waals surface area contributed by atoms with E-state index >= 15 is 0 Å². The Morgan fingerprint density at radius 1 is 0.812 bits per heavy atom. The highest BCUT2D eigenvalue weighted by molar-refractivity contribution is 8.14. The molecule has 0 aliphatic rings. The average Bonchev–Trinajstić information content (AvgIpc) is 2.65. The molecule has 2 aromatic carbocycles. The van der Waals surface area contributed by atoms with Gasteiger partial charge >= 0.3 is 25.5 Å². The normalized spacial score (nSPS) is 13.8. The van der Waals surface area contributed by atoms with Crippen LogP contribution in [0.4, 0.5) is 35.1 Å². The summed E-state index contributed by atoms with van der Waals surface area (Å²) in [4.78, 5) is -2.71. The van der Waals surface area contributed by atoms with Gasteiger partial charge in [-0.3, -0.25) is 0 Å². The van der Waals surface area contributed by atoms with Crippen LogP contribution in [-0.2, 0) is 25.5 Å². The Bertz CT molecular complexity index is 1200. The molecule has 0 heterocycles. The first-order chi connectivity index (χ1) is 14.4. The van der Waals surface area contributed by atoms with Crippen LogP contribution in [-0.4, -0.2) is 33.3 Å². The number of ether oxygens (including phenoxy) is 1. The van der Waals surface area contributed by atoms with Crippen LogP contribution in [0.25, 0.3) is 0 Å². The number of alkyl halides is 6. The van der Waals surface area contributed by atoms with Gasteiger partial charge in [-0.25, -0.2) is 25.6 Å². The van der Waals surface area contributed by atoms with Gasteiger partial charge in [-0.15, -0.1) is 0 Å². The van der Waals surface area contributed by atoms with Crippen LogP contribution in [0.5, 0.6) is 5.75 Å². The van der Waals surface area contributed by atoms with Gasteiger partial charge in [-0.05, 0) is 5.56 Å². The molecule has 0 unspecified atom stereocenters. The van der Waals surface area contributed by atoms with E-state index in [0.717, 1.165) is 0 Å². The molecular formula is C16H9ClF8O5S2. The third-order valence-electron chi connectivity index (χ3n) is 3.86. The van der Waals surface area contributed by atoms with Crippen LogP contribution in [0, 0.1) is 11.6 Å². The maximum absolute atomic E-state index is 14.2. The highest BCUT2D eigenvalue weighted by Crippen LogP contribution is 2.53. The van der Waals surface area contributed by atoms with Crippen molar-refractivity contribution in [2.75, 3.05) is 0 Å². The Hall–Kier alpha value is -2.13. The number of hydrogen-bond acceptors (Lipinski definition) is 5. The summed E-state index contributed by atoms with van der Waals surface area (Å²) >= 11 is 0. The summed E-state index contributed by atoms with van der Waals surface area (Å²) in [6.07, 6.45) is 0. The van der Waals surface area contributed by atoms with Gasteiger partial charge in [0.15, 0.2) is 0 Å². The molecular weight excluding hydrogens is 524 g/mol. The minimum absolute atomic E-state index is 0.0313. The van der Waals surface area contributed by atoms with Crippen molar-refractivity contribution in [1.82, 2.24) is 0 Å². The molecule has 2 rings (SSSR count). The molecule has 0 aromatic heterocycles. The maximum atomic E-state index is 14.2. The van der Waals surface area contributed by atoms with Crippen LogP contribution in [0.1, 0.15) is 5.56 Å². The molecule has 0 radical (unpaired) electrons. The predicted molar refractivity (Wildman–Crippen MR) is 93.9 cm³/mol. The van der Waals surface area contributed by atoms with Gasteiger partial charge < -0.3 is 4.74 Å². The second-order valence-electron chi connectivity index (χ2n) is 6.04. The molecule has 0 N–H and O–H groups in total. The molecule has 0 amide bonds. The van der Waals surface area contributed by atoms with Gasteiger partial charge in [0.1, 0.15) is 28.9 Å². The fourth-order valence-corrected chi connectivity index (χ4v) is 4.38. The van der Waals surface area contributed by atoms with Crippen LogP contribution in [0.3, 0.4) is 0 Å². The van der Waals surface area contributed by atoms with Crippen LogP contribution in [0.2, 0.25) is 0 Å². The van der Waals surface area contributed by atoms with Gasteiger partial charge in [0.05, 0.1) is 0 Å². The Morgan fingerprint density at radius 3 is 1.72 bits per heavy atom. The molecule has 0 atom stereocenters. The highest BCUT2D eigenvalue weighted by atomic mass is 35.7. The number of sulfone groups is 1. The topological polar surface area (TPSA) is 77.5 Å². The first-order valence-corrected chi connectivity index (χ1v) is 11.6. The van der Waals surface area contributed by atoms with Gasteiger partial charge in [0.25, 0.3) is 9.84 Å². The summed E-state index contributed by atoms with van der Waals surface area (Å²) < 4.78 is 160. The quantitative estimate of drug-likeness (QED) is 0.364. The highest BCUT2D eigenvalue weighted by Gasteiger charge is 2.82. The molecule has 0 aliphatic heterocycles. The molecule has 32 heavy (non-hydrogen) atoms. The van der Waals surface area contributed by atoms with Crippen LogP contribution in [0.15, 0.2) is 47.4 Å². The predicted octanol–water partition coefficient (Wildman–Crippen LogP) is 4.71. The van der Waals surface area contributed by atoms with Crippen molar-refractivity contribution in [2.24, 2.45) is 0 Å². The summed E-state index contributed by atoms with van der Waals surface area (Å²) in [6.45, 7) is -0.333. The van der Waals surface area contributed by atoms with Crippen molar-refractivity contribution in [3.63, 3.8) is 0 Å². The Kier molecular flexibility index (Phi) is 6.80. The van der Waals surface area contributed by atoms with E-state index in [-0.39, 0.29) is 18.7 Å². The zero-order chi connectivity index (χ0) is 24.8. The van der Waals surface area contributed by atoms with Gasteiger partial charge in [0, 0.05) is 22.8 Å². The summed E-state index contributed by atoms with van der Waals surface area (Å²) in [6, 6.07) is 7.84. The van der Waals surface area contributed by atoms with E-state index in [9.17, 15) is 52.0 Å². The van der Waals surface area contributed by atoms with Crippen LogP contribution >= 0.6 is 10.7 Å². The third kappa shape index (κ3) is 4.24. The van der Waals surface area contributed by atoms with E-state index in [4.69, 9.17) is 4.74 Å². The largest absolute Gasteiger partial charge is 0.489 e. The molecule has 0 fully saturated rings.